The highest BCUT2D eigenvalue weighted by atomic mass is 32.1. The largest absolute Gasteiger partial charge is 0.486 e. The van der Waals surface area contributed by atoms with E-state index in [0.717, 1.165) is 16.3 Å². The van der Waals surface area contributed by atoms with Gasteiger partial charge in [0.05, 0.1) is 17.2 Å². The number of likely N-dealkylation sites (N-methyl/N-ethyl adjacent to an activating group) is 1. The molecule has 0 fully saturated rings. The third kappa shape index (κ3) is 4.40. The van der Waals surface area contributed by atoms with Crippen LogP contribution in [0.25, 0.3) is 0 Å². The van der Waals surface area contributed by atoms with Gasteiger partial charge in [-0.2, -0.15) is 0 Å². The topological polar surface area (TPSA) is 51.7 Å². The first kappa shape index (κ1) is 19.4. The highest BCUT2D eigenvalue weighted by Crippen LogP contribution is 2.31. The minimum Gasteiger partial charge on any atom is -0.486 e. The van der Waals surface area contributed by atoms with Crippen molar-refractivity contribution >= 4 is 17.2 Å². The molecule has 0 unspecified atom stereocenters. The lowest BCUT2D eigenvalue weighted by atomic mass is 10.1. The van der Waals surface area contributed by atoms with Gasteiger partial charge in [0.2, 0.25) is 0 Å². The Kier molecular flexibility index (Phi) is 5.49. The van der Waals surface area contributed by atoms with Crippen LogP contribution in [0, 0.1) is 12.7 Å². The number of carbonyl (C=O) groups is 1. The molecule has 0 N–H and O–H groups in total. The molecule has 1 aliphatic heterocycles. The Morgan fingerprint density at radius 3 is 2.69 bits per heavy atom. The monoisotopic (exact) mass is 412 g/mol. The Hall–Kier alpha value is -2.93. The number of aryl methyl sites for hydroxylation is 1. The minimum absolute atomic E-state index is 0.0900. The molecule has 1 aromatic heterocycles. The van der Waals surface area contributed by atoms with Crippen LogP contribution in [0.4, 0.5) is 4.39 Å². The Morgan fingerprint density at radius 1 is 1.21 bits per heavy atom. The average Bonchev–Trinajstić information content (AvgIpc) is 3.09. The van der Waals surface area contributed by atoms with Gasteiger partial charge in [-0.3, -0.25) is 4.79 Å². The number of rotatable bonds is 5. The van der Waals surface area contributed by atoms with Gasteiger partial charge < -0.3 is 14.4 Å². The van der Waals surface area contributed by atoms with Crippen LogP contribution in [0.1, 0.15) is 25.9 Å². The lowest BCUT2D eigenvalue weighted by molar-refractivity contribution is 0.0523. The standard InChI is InChI=1S/C22H21FN2O3S/c1-14-21(29-20(24-14)11-15-7-9-16(23)10-8-15)22(26)25(2)12-17-13-27-18-5-3-4-6-19(18)28-17/h3-10,17H,11-13H2,1-2H3/t17-/m1/s1. The maximum absolute atomic E-state index is 13.1. The molecule has 0 bridgehead atoms. The summed E-state index contributed by atoms with van der Waals surface area (Å²) in [5.41, 5.74) is 1.66. The van der Waals surface area contributed by atoms with Crippen molar-refractivity contribution in [1.82, 2.24) is 9.88 Å². The summed E-state index contributed by atoms with van der Waals surface area (Å²) in [6.07, 6.45) is 0.338. The second kappa shape index (κ2) is 8.21. The van der Waals surface area contributed by atoms with Gasteiger partial charge in [-0.15, -0.1) is 11.3 Å². The summed E-state index contributed by atoms with van der Waals surface area (Å²) in [7, 11) is 1.75. The molecule has 3 aromatic rings. The van der Waals surface area contributed by atoms with Gasteiger partial charge in [0, 0.05) is 13.5 Å². The summed E-state index contributed by atoms with van der Waals surface area (Å²) in [6, 6.07) is 13.8. The van der Waals surface area contributed by atoms with Crippen molar-refractivity contribution in [2.75, 3.05) is 20.2 Å². The van der Waals surface area contributed by atoms with Crippen molar-refractivity contribution in [3.8, 4) is 11.5 Å². The van der Waals surface area contributed by atoms with Crippen molar-refractivity contribution in [2.24, 2.45) is 0 Å². The third-order valence-electron chi connectivity index (χ3n) is 4.70. The smallest absolute Gasteiger partial charge is 0.265 e. The summed E-state index contributed by atoms with van der Waals surface area (Å²) in [5, 5.41) is 0.831. The van der Waals surface area contributed by atoms with E-state index >= 15 is 0 Å². The van der Waals surface area contributed by atoms with E-state index in [4.69, 9.17) is 9.47 Å². The molecule has 0 radical (unpaired) electrons. The minimum atomic E-state index is -0.266. The zero-order chi connectivity index (χ0) is 20.4. The fourth-order valence-corrected chi connectivity index (χ4v) is 4.31. The quantitative estimate of drug-likeness (QED) is 0.633. The molecular formula is C22H21FN2O3S. The number of hydrogen-bond donors (Lipinski definition) is 0. The van der Waals surface area contributed by atoms with Crippen LogP contribution in [0.2, 0.25) is 0 Å². The fourth-order valence-electron chi connectivity index (χ4n) is 3.22. The van der Waals surface area contributed by atoms with Crippen LogP contribution < -0.4 is 9.47 Å². The van der Waals surface area contributed by atoms with Gasteiger partial charge in [0.15, 0.2) is 17.6 Å². The summed E-state index contributed by atoms with van der Waals surface area (Å²) < 4.78 is 24.8. The summed E-state index contributed by atoms with van der Waals surface area (Å²) in [5.74, 6) is 1.06. The van der Waals surface area contributed by atoms with Crippen LogP contribution in [-0.4, -0.2) is 42.1 Å². The molecule has 5 nitrogen and oxygen atoms in total. The van der Waals surface area contributed by atoms with Gasteiger partial charge in [0.25, 0.3) is 5.91 Å². The number of nitrogens with zero attached hydrogens (tertiary/aromatic N) is 2. The van der Waals surface area contributed by atoms with E-state index in [9.17, 15) is 9.18 Å². The zero-order valence-corrected chi connectivity index (χ0v) is 17.0. The average molecular weight is 412 g/mol. The van der Waals surface area contributed by atoms with Crippen LogP contribution in [0.5, 0.6) is 11.5 Å². The number of para-hydroxylation sites is 2. The van der Waals surface area contributed by atoms with Gasteiger partial charge in [0.1, 0.15) is 17.3 Å². The molecule has 29 heavy (non-hydrogen) atoms. The molecule has 7 heteroatoms. The number of benzene rings is 2. The lowest BCUT2D eigenvalue weighted by Crippen LogP contribution is -2.41. The van der Waals surface area contributed by atoms with Gasteiger partial charge >= 0.3 is 0 Å². The summed E-state index contributed by atoms with van der Waals surface area (Å²) in [4.78, 5) is 19.7. The number of halogens is 1. The zero-order valence-electron chi connectivity index (χ0n) is 16.2. The fraction of sp³-hybridized carbons (Fsp3) is 0.273. The van der Waals surface area contributed by atoms with Crippen molar-refractivity contribution < 1.29 is 18.7 Å². The molecule has 1 atom stereocenters. The van der Waals surface area contributed by atoms with Crippen LogP contribution >= 0.6 is 11.3 Å². The molecule has 1 aliphatic rings. The van der Waals surface area contributed by atoms with Crippen LogP contribution in [0.3, 0.4) is 0 Å². The van der Waals surface area contributed by atoms with E-state index in [1.165, 1.54) is 23.5 Å². The van der Waals surface area contributed by atoms with Crippen molar-refractivity contribution in [3.63, 3.8) is 0 Å². The Balaban J connectivity index is 1.41. The van der Waals surface area contributed by atoms with Crippen molar-refractivity contribution in [1.29, 1.82) is 0 Å². The van der Waals surface area contributed by atoms with E-state index in [-0.39, 0.29) is 17.8 Å². The van der Waals surface area contributed by atoms with E-state index in [1.54, 1.807) is 24.1 Å². The molecule has 2 aromatic carbocycles. The molecule has 0 aliphatic carbocycles. The van der Waals surface area contributed by atoms with E-state index in [2.05, 4.69) is 4.98 Å². The van der Waals surface area contributed by atoms with Crippen LogP contribution in [-0.2, 0) is 6.42 Å². The molecule has 0 saturated carbocycles. The second-order valence-electron chi connectivity index (χ2n) is 7.01. The maximum atomic E-state index is 13.1. The van der Waals surface area contributed by atoms with E-state index in [0.29, 0.717) is 35.9 Å². The van der Waals surface area contributed by atoms with E-state index in [1.807, 2.05) is 31.2 Å². The number of thiazole rings is 1. The first-order chi connectivity index (χ1) is 14.0. The SMILES string of the molecule is Cc1nc(Cc2ccc(F)cc2)sc1C(=O)N(C)C[C@@H]1COc2ccccc2O1. The molecule has 1 amide bonds. The first-order valence-corrected chi connectivity index (χ1v) is 10.2. The third-order valence-corrected chi connectivity index (χ3v) is 5.84. The Bertz CT molecular complexity index is 1020. The molecule has 0 spiro atoms. The number of carbonyl (C=O) groups excluding carboxylic acids is 1. The van der Waals surface area contributed by atoms with E-state index < -0.39 is 0 Å². The molecule has 150 valence electrons. The number of ether oxygens (including phenoxy) is 2. The molecule has 2 heterocycles. The highest BCUT2D eigenvalue weighted by molar-refractivity contribution is 7.13. The van der Waals surface area contributed by atoms with Gasteiger partial charge in [-0.25, -0.2) is 9.37 Å². The lowest BCUT2D eigenvalue weighted by Gasteiger charge is -2.29. The Morgan fingerprint density at radius 2 is 1.93 bits per heavy atom. The number of hydrogen-bond acceptors (Lipinski definition) is 5. The van der Waals surface area contributed by atoms with Gasteiger partial charge in [-0.05, 0) is 36.8 Å². The summed E-state index contributed by atoms with van der Waals surface area (Å²) in [6.45, 7) is 2.64. The van der Waals surface area contributed by atoms with Gasteiger partial charge in [-0.1, -0.05) is 24.3 Å². The highest BCUT2D eigenvalue weighted by Gasteiger charge is 2.26. The number of aromatic nitrogens is 1. The predicted octanol–water partition coefficient (Wildman–Crippen LogP) is 4.09. The molecule has 0 saturated heterocycles. The van der Waals surface area contributed by atoms with Crippen molar-refractivity contribution in [3.05, 3.63) is 75.5 Å². The second-order valence-corrected chi connectivity index (χ2v) is 8.09. The predicted molar refractivity (Wildman–Crippen MR) is 109 cm³/mol. The maximum Gasteiger partial charge on any atom is 0.265 e. The van der Waals surface area contributed by atoms with Crippen LogP contribution in [0.15, 0.2) is 48.5 Å². The van der Waals surface area contributed by atoms with Crippen molar-refractivity contribution in [2.45, 2.75) is 19.4 Å². The number of fused-ring (bicyclic) bond motifs is 1. The first-order valence-electron chi connectivity index (χ1n) is 9.34. The normalized spacial score (nSPS) is 15.2. The Labute approximate surface area is 172 Å². The number of amides is 1. The molecule has 4 rings (SSSR count). The molecular weight excluding hydrogens is 391 g/mol. The summed E-state index contributed by atoms with van der Waals surface area (Å²) >= 11 is 1.38.